The van der Waals surface area contributed by atoms with Crippen molar-refractivity contribution >= 4 is 11.9 Å². The van der Waals surface area contributed by atoms with E-state index in [1.807, 2.05) is 0 Å². The molecule has 7 nitrogen and oxygen atoms in total. The van der Waals surface area contributed by atoms with Crippen LogP contribution in [-0.2, 0) is 15.7 Å². The molecule has 10 heteroatoms. The Hall–Kier alpha value is -2.49. The highest BCUT2D eigenvalue weighted by Crippen LogP contribution is 2.31. The third-order valence-electron chi connectivity index (χ3n) is 5.20. The fraction of sp³-hybridized carbons (Fsp3) is 0.556. The van der Waals surface area contributed by atoms with Gasteiger partial charge in [-0.3, -0.25) is 4.79 Å². The molecule has 0 saturated carbocycles. The van der Waals surface area contributed by atoms with Gasteiger partial charge in [-0.1, -0.05) is 0 Å². The number of carbonyl (C=O) groups excluding carboxylic acids is 2. The van der Waals surface area contributed by atoms with Crippen LogP contribution < -0.4 is 10.1 Å². The lowest BCUT2D eigenvalue weighted by Gasteiger charge is -2.45. The molecule has 3 aliphatic rings. The lowest BCUT2D eigenvalue weighted by atomic mass is 10.0. The SMILES string of the molecule is O=C1CO[C@H]2CCN(C(=O)N3CC(Oc4ccc(C(F)(F)F)cc4)C3)C[C@H]2N1. The molecule has 3 amide bonds. The van der Waals surface area contributed by atoms with Crippen molar-refractivity contribution < 1.29 is 32.2 Å². The zero-order valence-corrected chi connectivity index (χ0v) is 14.9. The summed E-state index contributed by atoms with van der Waals surface area (Å²) in [4.78, 5) is 27.4. The lowest BCUT2D eigenvalue weighted by Crippen LogP contribution is -2.65. The first kappa shape index (κ1) is 18.9. The van der Waals surface area contributed by atoms with Gasteiger partial charge in [0.2, 0.25) is 5.91 Å². The van der Waals surface area contributed by atoms with Crippen LogP contribution in [0.15, 0.2) is 24.3 Å². The monoisotopic (exact) mass is 399 g/mol. The molecule has 0 aliphatic carbocycles. The van der Waals surface area contributed by atoms with Crippen LogP contribution in [0.2, 0.25) is 0 Å². The van der Waals surface area contributed by atoms with E-state index < -0.39 is 11.7 Å². The van der Waals surface area contributed by atoms with Crippen molar-refractivity contribution in [3.63, 3.8) is 0 Å². The summed E-state index contributed by atoms with van der Waals surface area (Å²) in [5, 5.41) is 2.85. The maximum Gasteiger partial charge on any atom is 0.416 e. The molecule has 0 spiro atoms. The van der Waals surface area contributed by atoms with E-state index in [4.69, 9.17) is 9.47 Å². The van der Waals surface area contributed by atoms with Gasteiger partial charge in [-0.05, 0) is 30.7 Å². The van der Waals surface area contributed by atoms with Crippen LogP contribution in [0.4, 0.5) is 18.0 Å². The largest absolute Gasteiger partial charge is 0.487 e. The Labute approximate surface area is 159 Å². The molecule has 0 bridgehead atoms. The number of alkyl halides is 3. The Bertz CT molecular complexity index is 749. The minimum absolute atomic E-state index is 0.0597. The summed E-state index contributed by atoms with van der Waals surface area (Å²) in [5.41, 5.74) is -0.729. The second-order valence-corrected chi connectivity index (χ2v) is 7.21. The summed E-state index contributed by atoms with van der Waals surface area (Å²) < 4.78 is 48.9. The molecule has 1 aromatic rings. The third-order valence-corrected chi connectivity index (χ3v) is 5.20. The van der Waals surface area contributed by atoms with Gasteiger partial charge >= 0.3 is 12.2 Å². The Kier molecular flexibility index (Phi) is 4.82. The van der Waals surface area contributed by atoms with E-state index in [9.17, 15) is 22.8 Å². The van der Waals surface area contributed by atoms with E-state index in [0.717, 1.165) is 12.1 Å². The summed E-state index contributed by atoms with van der Waals surface area (Å²) in [7, 11) is 0. The number of rotatable bonds is 2. The van der Waals surface area contributed by atoms with E-state index in [-0.39, 0.29) is 36.8 Å². The van der Waals surface area contributed by atoms with Crippen LogP contribution in [0.5, 0.6) is 5.75 Å². The molecule has 152 valence electrons. The van der Waals surface area contributed by atoms with Crippen molar-refractivity contribution in [1.82, 2.24) is 15.1 Å². The quantitative estimate of drug-likeness (QED) is 0.818. The number of nitrogens with one attached hydrogen (secondary N) is 1. The van der Waals surface area contributed by atoms with Gasteiger partial charge in [0.05, 0.1) is 30.8 Å². The molecule has 0 unspecified atom stereocenters. The van der Waals surface area contributed by atoms with Gasteiger partial charge in [0.1, 0.15) is 18.5 Å². The van der Waals surface area contributed by atoms with Gasteiger partial charge < -0.3 is 24.6 Å². The van der Waals surface area contributed by atoms with Crippen LogP contribution in [-0.4, -0.2) is 72.8 Å². The fourth-order valence-electron chi connectivity index (χ4n) is 3.66. The maximum atomic E-state index is 12.6. The molecule has 3 aliphatic heterocycles. The van der Waals surface area contributed by atoms with Crippen molar-refractivity contribution in [2.45, 2.75) is 30.8 Å². The van der Waals surface area contributed by atoms with Crippen LogP contribution in [0.3, 0.4) is 0 Å². The van der Waals surface area contributed by atoms with E-state index in [2.05, 4.69) is 5.32 Å². The predicted octanol–water partition coefficient (Wildman–Crippen LogP) is 1.48. The summed E-state index contributed by atoms with van der Waals surface area (Å²) in [6, 6.07) is 4.18. The molecular formula is C18H20F3N3O4. The second-order valence-electron chi connectivity index (χ2n) is 7.21. The van der Waals surface area contributed by atoms with Gasteiger partial charge in [-0.15, -0.1) is 0 Å². The van der Waals surface area contributed by atoms with Crippen LogP contribution in [0.25, 0.3) is 0 Å². The van der Waals surface area contributed by atoms with Crippen LogP contribution in [0.1, 0.15) is 12.0 Å². The normalized spacial score (nSPS) is 25.6. The molecule has 3 fully saturated rings. The third kappa shape index (κ3) is 3.87. The van der Waals surface area contributed by atoms with E-state index in [0.29, 0.717) is 38.3 Å². The standard InChI is InChI=1S/C18H20F3N3O4/c19-18(20,21)11-1-3-12(4-2-11)28-13-7-24(8-13)17(26)23-6-5-15-14(9-23)22-16(25)10-27-15/h1-4,13-15H,5-10H2,(H,22,25)/t14-,15+/m1/s1. The predicted molar refractivity (Wildman–Crippen MR) is 90.7 cm³/mol. The van der Waals surface area contributed by atoms with Crippen molar-refractivity contribution in [3.8, 4) is 5.75 Å². The summed E-state index contributed by atoms with van der Waals surface area (Å²) in [6.45, 7) is 1.75. The highest BCUT2D eigenvalue weighted by Gasteiger charge is 2.40. The molecule has 3 saturated heterocycles. The first-order chi connectivity index (χ1) is 13.3. The molecule has 3 heterocycles. The Morgan fingerprint density at radius 3 is 2.54 bits per heavy atom. The Morgan fingerprint density at radius 2 is 1.86 bits per heavy atom. The van der Waals surface area contributed by atoms with Gasteiger partial charge in [0, 0.05) is 13.1 Å². The number of carbonyl (C=O) groups is 2. The number of fused-ring (bicyclic) bond motifs is 1. The molecule has 1 N–H and O–H groups in total. The number of halogens is 3. The topological polar surface area (TPSA) is 71.1 Å². The van der Waals surface area contributed by atoms with Crippen LogP contribution in [0, 0.1) is 0 Å². The number of ether oxygens (including phenoxy) is 2. The summed E-state index contributed by atoms with van der Waals surface area (Å²) in [6.07, 6.45) is -4.03. The van der Waals surface area contributed by atoms with Gasteiger partial charge in [0.25, 0.3) is 0 Å². The highest BCUT2D eigenvalue weighted by atomic mass is 19.4. The first-order valence-corrected chi connectivity index (χ1v) is 9.08. The summed E-state index contributed by atoms with van der Waals surface area (Å²) in [5.74, 6) is 0.164. The van der Waals surface area contributed by atoms with E-state index in [1.165, 1.54) is 12.1 Å². The number of morpholine rings is 1. The number of piperidine rings is 1. The Balaban J connectivity index is 1.26. The number of hydrogen-bond donors (Lipinski definition) is 1. The number of benzene rings is 1. The maximum absolute atomic E-state index is 12.6. The molecule has 2 atom stereocenters. The van der Waals surface area contributed by atoms with Crippen molar-refractivity contribution in [2.24, 2.45) is 0 Å². The van der Waals surface area contributed by atoms with E-state index in [1.54, 1.807) is 9.80 Å². The number of amides is 3. The molecule has 28 heavy (non-hydrogen) atoms. The number of nitrogens with zero attached hydrogens (tertiary/aromatic N) is 2. The first-order valence-electron chi connectivity index (χ1n) is 9.08. The van der Waals surface area contributed by atoms with Crippen molar-refractivity contribution in [3.05, 3.63) is 29.8 Å². The number of hydrogen-bond acceptors (Lipinski definition) is 4. The zero-order chi connectivity index (χ0) is 19.9. The molecule has 4 rings (SSSR count). The minimum Gasteiger partial charge on any atom is -0.487 e. The summed E-state index contributed by atoms with van der Waals surface area (Å²) >= 11 is 0. The van der Waals surface area contributed by atoms with E-state index >= 15 is 0 Å². The van der Waals surface area contributed by atoms with Gasteiger partial charge in [0.15, 0.2) is 0 Å². The lowest BCUT2D eigenvalue weighted by molar-refractivity contribution is -0.140. The van der Waals surface area contributed by atoms with Gasteiger partial charge in [-0.25, -0.2) is 4.79 Å². The molecule has 0 radical (unpaired) electrons. The molecular weight excluding hydrogens is 379 g/mol. The minimum atomic E-state index is -4.38. The molecule has 1 aromatic carbocycles. The van der Waals surface area contributed by atoms with Crippen molar-refractivity contribution in [2.75, 3.05) is 32.8 Å². The zero-order valence-electron chi connectivity index (χ0n) is 14.9. The number of likely N-dealkylation sites (tertiary alicyclic amines) is 2. The van der Waals surface area contributed by atoms with Crippen molar-refractivity contribution in [1.29, 1.82) is 0 Å². The fourth-order valence-corrected chi connectivity index (χ4v) is 3.66. The van der Waals surface area contributed by atoms with Crippen LogP contribution >= 0.6 is 0 Å². The smallest absolute Gasteiger partial charge is 0.416 e. The average Bonchev–Trinajstić information content (AvgIpc) is 2.63. The van der Waals surface area contributed by atoms with Gasteiger partial charge in [-0.2, -0.15) is 13.2 Å². The molecule has 0 aromatic heterocycles. The highest BCUT2D eigenvalue weighted by molar-refractivity contribution is 5.79. The Morgan fingerprint density at radius 1 is 1.14 bits per heavy atom. The average molecular weight is 399 g/mol. The number of urea groups is 1. The second kappa shape index (κ2) is 7.16.